The molecule has 0 rings (SSSR count). The van der Waals surface area contributed by atoms with Crippen molar-refractivity contribution in [2.24, 2.45) is 5.92 Å². The molecule has 0 radical (unpaired) electrons. The highest BCUT2D eigenvalue weighted by Gasteiger charge is 2.27. The average Bonchev–Trinajstić information content (AvgIpc) is 2.21. The van der Waals surface area contributed by atoms with E-state index in [0.29, 0.717) is 0 Å². The number of carboxylic acids is 1. The SMILES string of the molecule is CC(C)C(CC(=O)O)NC(=O)CCOCC(F)(F)F. The summed E-state index contributed by atoms with van der Waals surface area (Å²) in [7, 11) is 0. The van der Waals surface area contributed by atoms with E-state index >= 15 is 0 Å². The number of carboxylic acid groups (broad SMARTS) is 1. The first kappa shape index (κ1) is 17.7. The number of carbonyl (C=O) groups excluding carboxylic acids is 1. The van der Waals surface area contributed by atoms with Crippen LogP contribution in [0.15, 0.2) is 0 Å². The molecule has 0 aromatic heterocycles. The lowest BCUT2D eigenvalue weighted by atomic mass is 10.0. The van der Waals surface area contributed by atoms with Crippen LogP contribution in [0.5, 0.6) is 0 Å². The van der Waals surface area contributed by atoms with Crippen LogP contribution in [-0.2, 0) is 14.3 Å². The van der Waals surface area contributed by atoms with E-state index in [1.807, 2.05) is 0 Å². The minimum Gasteiger partial charge on any atom is -0.481 e. The molecular formula is C11H18F3NO4. The Morgan fingerprint density at radius 2 is 1.89 bits per heavy atom. The van der Waals surface area contributed by atoms with Gasteiger partial charge in [-0.15, -0.1) is 0 Å². The molecule has 8 heteroatoms. The number of amides is 1. The first-order valence-electron chi connectivity index (χ1n) is 5.77. The van der Waals surface area contributed by atoms with E-state index in [-0.39, 0.29) is 25.4 Å². The summed E-state index contributed by atoms with van der Waals surface area (Å²) < 4.78 is 39.5. The number of hydrogen-bond acceptors (Lipinski definition) is 3. The van der Waals surface area contributed by atoms with Gasteiger partial charge in [0, 0.05) is 12.5 Å². The van der Waals surface area contributed by atoms with Gasteiger partial charge in [-0.05, 0) is 5.92 Å². The third-order valence-corrected chi connectivity index (χ3v) is 2.28. The van der Waals surface area contributed by atoms with Crippen molar-refractivity contribution in [1.82, 2.24) is 5.32 Å². The van der Waals surface area contributed by atoms with Crippen molar-refractivity contribution in [1.29, 1.82) is 0 Å². The number of aliphatic carboxylic acids is 1. The van der Waals surface area contributed by atoms with Gasteiger partial charge in [-0.25, -0.2) is 0 Å². The van der Waals surface area contributed by atoms with Crippen LogP contribution in [0.3, 0.4) is 0 Å². The molecule has 1 unspecified atom stereocenters. The molecule has 5 nitrogen and oxygen atoms in total. The quantitative estimate of drug-likeness (QED) is 0.664. The zero-order valence-electron chi connectivity index (χ0n) is 10.8. The van der Waals surface area contributed by atoms with Gasteiger partial charge in [-0.3, -0.25) is 9.59 Å². The molecular weight excluding hydrogens is 267 g/mol. The fourth-order valence-corrected chi connectivity index (χ4v) is 1.27. The summed E-state index contributed by atoms with van der Waals surface area (Å²) in [6.45, 7) is 1.73. The molecule has 0 fully saturated rings. The summed E-state index contributed by atoms with van der Waals surface area (Å²) in [5.41, 5.74) is 0. The molecule has 0 spiro atoms. The van der Waals surface area contributed by atoms with E-state index < -0.39 is 30.7 Å². The summed E-state index contributed by atoms with van der Waals surface area (Å²) in [4.78, 5) is 22.0. The van der Waals surface area contributed by atoms with Crippen molar-refractivity contribution in [3.05, 3.63) is 0 Å². The van der Waals surface area contributed by atoms with Crippen LogP contribution in [0.25, 0.3) is 0 Å². The normalized spacial score (nSPS) is 13.4. The monoisotopic (exact) mass is 285 g/mol. The first-order valence-corrected chi connectivity index (χ1v) is 5.77. The van der Waals surface area contributed by atoms with Crippen LogP contribution in [-0.4, -0.2) is 42.4 Å². The number of carbonyl (C=O) groups is 2. The van der Waals surface area contributed by atoms with E-state index in [9.17, 15) is 22.8 Å². The second kappa shape index (κ2) is 7.98. The number of alkyl halides is 3. The first-order chi connectivity index (χ1) is 8.61. The highest BCUT2D eigenvalue weighted by molar-refractivity contribution is 5.77. The fraction of sp³-hybridized carbons (Fsp3) is 0.818. The van der Waals surface area contributed by atoms with Crippen molar-refractivity contribution in [2.75, 3.05) is 13.2 Å². The van der Waals surface area contributed by atoms with E-state index in [2.05, 4.69) is 10.1 Å². The van der Waals surface area contributed by atoms with E-state index in [0.717, 1.165) is 0 Å². The maximum atomic E-state index is 11.7. The number of nitrogens with one attached hydrogen (secondary N) is 1. The Hall–Kier alpha value is -1.31. The Kier molecular flexibility index (Phi) is 7.43. The molecule has 0 aromatic rings. The van der Waals surface area contributed by atoms with Gasteiger partial charge < -0.3 is 15.2 Å². The summed E-state index contributed by atoms with van der Waals surface area (Å²) in [5, 5.41) is 11.1. The summed E-state index contributed by atoms with van der Waals surface area (Å²) in [6.07, 6.45) is -4.88. The van der Waals surface area contributed by atoms with E-state index in [1.165, 1.54) is 0 Å². The Labute approximate surface area is 109 Å². The molecule has 1 atom stereocenters. The summed E-state index contributed by atoms with van der Waals surface area (Å²) >= 11 is 0. The Morgan fingerprint density at radius 3 is 2.32 bits per heavy atom. The van der Waals surface area contributed by atoms with E-state index in [1.54, 1.807) is 13.8 Å². The molecule has 2 N–H and O–H groups in total. The lowest BCUT2D eigenvalue weighted by Gasteiger charge is -2.20. The van der Waals surface area contributed by atoms with Gasteiger partial charge in [0.1, 0.15) is 6.61 Å². The topological polar surface area (TPSA) is 75.6 Å². The van der Waals surface area contributed by atoms with Crippen molar-refractivity contribution in [3.8, 4) is 0 Å². The maximum absolute atomic E-state index is 11.7. The van der Waals surface area contributed by atoms with Gasteiger partial charge in [-0.2, -0.15) is 13.2 Å². The molecule has 0 aliphatic heterocycles. The summed E-state index contributed by atoms with van der Waals surface area (Å²) in [5.74, 6) is -1.66. The van der Waals surface area contributed by atoms with Crippen molar-refractivity contribution in [3.63, 3.8) is 0 Å². The second-order valence-electron chi connectivity index (χ2n) is 4.43. The predicted octanol–water partition coefficient (Wildman–Crippen LogP) is 1.57. The zero-order valence-corrected chi connectivity index (χ0v) is 10.8. The molecule has 0 saturated heterocycles. The van der Waals surface area contributed by atoms with Crippen molar-refractivity contribution in [2.45, 2.75) is 38.9 Å². The number of halogens is 3. The minimum absolute atomic E-state index is 0.0869. The standard InChI is InChI=1S/C11H18F3NO4/c1-7(2)8(5-10(17)18)15-9(16)3-4-19-6-11(12,13)14/h7-8H,3-6H2,1-2H3,(H,15,16)(H,17,18). The van der Waals surface area contributed by atoms with Gasteiger partial charge in [0.25, 0.3) is 0 Å². The van der Waals surface area contributed by atoms with Gasteiger partial charge in [-0.1, -0.05) is 13.8 Å². The maximum Gasteiger partial charge on any atom is 0.411 e. The van der Waals surface area contributed by atoms with Gasteiger partial charge in [0.05, 0.1) is 13.0 Å². The Balaban J connectivity index is 3.97. The lowest BCUT2D eigenvalue weighted by Crippen LogP contribution is -2.40. The molecule has 0 heterocycles. The predicted molar refractivity (Wildman–Crippen MR) is 60.5 cm³/mol. The largest absolute Gasteiger partial charge is 0.481 e. The Bertz CT molecular complexity index is 305. The highest BCUT2D eigenvalue weighted by atomic mass is 19.4. The third kappa shape index (κ3) is 10.3. The highest BCUT2D eigenvalue weighted by Crippen LogP contribution is 2.14. The average molecular weight is 285 g/mol. The second-order valence-corrected chi connectivity index (χ2v) is 4.43. The molecule has 112 valence electrons. The Morgan fingerprint density at radius 1 is 1.32 bits per heavy atom. The lowest BCUT2D eigenvalue weighted by molar-refractivity contribution is -0.174. The number of ether oxygens (including phenoxy) is 1. The smallest absolute Gasteiger partial charge is 0.411 e. The van der Waals surface area contributed by atoms with Gasteiger partial charge in [0.2, 0.25) is 5.91 Å². The van der Waals surface area contributed by atoms with Crippen LogP contribution in [0.4, 0.5) is 13.2 Å². The zero-order chi connectivity index (χ0) is 15.1. The third-order valence-electron chi connectivity index (χ3n) is 2.28. The van der Waals surface area contributed by atoms with Crippen molar-refractivity contribution >= 4 is 11.9 Å². The minimum atomic E-state index is -4.42. The van der Waals surface area contributed by atoms with Crippen LogP contribution in [0, 0.1) is 5.92 Å². The van der Waals surface area contributed by atoms with Crippen LogP contribution >= 0.6 is 0 Å². The number of hydrogen-bond donors (Lipinski definition) is 2. The van der Waals surface area contributed by atoms with Gasteiger partial charge in [0.15, 0.2) is 0 Å². The van der Waals surface area contributed by atoms with Crippen molar-refractivity contribution < 1.29 is 32.6 Å². The molecule has 0 bridgehead atoms. The fourth-order valence-electron chi connectivity index (χ4n) is 1.27. The molecule has 19 heavy (non-hydrogen) atoms. The molecule has 1 amide bonds. The van der Waals surface area contributed by atoms with Crippen LogP contribution in [0.2, 0.25) is 0 Å². The molecule has 0 aliphatic rings. The van der Waals surface area contributed by atoms with Crippen LogP contribution in [0.1, 0.15) is 26.7 Å². The van der Waals surface area contributed by atoms with Crippen LogP contribution < -0.4 is 5.32 Å². The molecule has 0 saturated carbocycles. The van der Waals surface area contributed by atoms with E-state index in [4.69, 9.17) is 5.11 Å². The van der Waals surface area contributed by atoms with Gasteiger partial charge >= 0.3 is 12.1 Å². The molecule has 0 aliphatic carbocycles. The molecule has 0 aromatic carbocycles. The number of rotatable bonds is 8. The summed E-state index contributed by atoms with van der Waals surface area (Å²) in [6, 6.07) is -0.549.